The average Bonchev–Trinajstić information content (AvgIpc) is 2.44. The van der Waals surface area contributed by atoms with Gasteiger partial charge in [0.2, 0.25) is 0 Å². The Kier molecular flexibility index (Phi) is 7.24. The molecule has 0 atom stereocenters. The molecular weight excluding hydrogens is 360 g/mol. The molecule has 0 aliphatic heterocycles. The zero-order valence-electron chi connectivity index (χ0n) is 11.6. The van der Waals surface area contributed by atoms with Crippen LogP contribution in [0, 0.1) is 6.92 Å². The molecule has 1 aromatic carbocycles. The van der Waals surface area contributed by atoms with E-state index in [2.05, 4.69) is 21.2 Å². The van der Waals surface area contributed by atoms with Crippen LogP contribution in [0.3, 0.4) is 0 Å². The lowest BCUT2D eigenvalue weighted by Gasteiger charge is -2.07. The first-order chi connectivity index (χ1) is 9.92. The van der Waals surface area contributed by atoms with Gasteiger partial charge in [-0.05, 0) is 30.7 Å². The third-order valence-corrected chi connectivity index (χ3v) is 3.97. The first-order valence-corrected chi connectivity index (χ1v) is 7.76. The predicted molar refractivity (Wildman–Crippen MR) is 83.2 cm³/mol. The Bertz CT molecular complexity index is 551. The van der Waals surface area contributed by atoms with Gasteiger partial charge in [-0.25, -0.2) is 4.79 Å². The molecule has 0 saturated heterocycles. The zero-order valence-corrected chi connectivity index (χ0v) is 14.0. The molecular formula is C13H15BrN2O4S. The van der Waals surface area contributed by atoms with Crippen molar-refractivity contribution in [2.24, 2.45) is 0 Å². The van der Waals surface area contributed by atoms with Crippen molar-refractivity contribution in [1.82, 2.24) is 10.6 Å². The molecule has 6 nitrogen and oxygen atoms in total. The molecule has 0 saturated carbocycles. The number of urea groups is 1. The van der Waals surface area contributed by atoms with E-state index in [9.17, 15) is 14.4 Å². The maximum absolute atomic E-state index is 11.5. The predicted octanol–water partition coefficient (Wildman–Crippen LogP) is 1.85. The molecule has 8 heteroatoms. The lowest BCUT2D eigenvalue weighted by molar-refractivity contribution is -0.145. The van der Waals surface area contributed by atoms with Crippen molar-refractivity contribution in [2.45, 2.75) is 11.8 Å². The number of carbonyl (C=O) groups is 3. The molecule has 0 unspecified atom stereocenters. The van der Waals surface area contributed by atoms with Crippen molar-refractivity contribution in [3.63, 3.8) is 0 Å². The van der Waals surface area contributed by atoms with Crippen molar-refractivity contribution in [2.75, 3.05) is 19.4 Å². The van der Waals surface area contributed by atoms with Crippen LogP contribution in [0.15, 0.2) is 27.6 Å². The number of thioether (sulfide) groups is 1. The van der Waals surface area contributed by atoms with E-state index in [1.807, 2.05) is 30.4 Å². The summed E-state index contributed by atoms with van der Waals surface area (Å²) in [6.45, 7) is 1.46. The average molecular weight is 375 g/mol. The highest BCUT2D eigenvalue weighted by atomic mass is 79.9. The minimum absolute atomic E-state index is 0.0930. The molecule has 0 fully saturated rings. The lowest BCUT2D eigenvalue weighted by atomic mass is 10.2. The highest BCUT2D eigenvalue weighted by Gasteiger charge is 2.11. The lowest BCUT2D eigenvalue weighted by Crippen LogP contribution is -2.39. The molecule has 0 aromatic heterocycles. The number of rotatable bonds is 5. The number of aryl methyl sites for hydroxylation is 1. The van der Waals surface area contributed by atoms with E-state index in [1.165, 1.54) is 18.8 Å². The number of nitrogens with one attached hydrogen (secondary N) is 2. The van der Waals surface area contributed by atoms with Gasteiger partial charge < -0.3 is 10.1 Å². The Balaban J connectivity index is 2.34. The van der Waals surface area contributed by atoms with Gasteiger partial charge in [0, 0.05) is 16.4 Å². The number of halogens is 1. The van der Waals surface area contributed by atoms with Crippen LogP contribution in [0.1, 0.15) is 5.56 Å². The molecule has 3 amide bonds. The molecule has 0 radical (unpaired) electrons. The van der Waals surface area contributed by atoms with Gasteiger partial charge in [0.1, 0.15) is 0 Å². The standard InChI is InChI=1S/C13H15BrN2O4S/c1-8-5-9(14)3-4-10(8)21-7-12(18)20-6-11(17)16-13(19)15-2/h3-5H,6-7H2,1-2H3,(H2,15,16,17,19). The Hall–Kier alpha value is -1.54. The van der Waals surface area contributed by atoms with Gasteiger partial charge in [0.15, 0.2) is 6.61 Å². The topological polar surface area (TPSA) is 84.5 Å². The maximum atomic E-state index is 11.5. The van der Waals surface area contributed by atoms with Crippen LogP contribution in [0.2, 0.25) is 0 Å². The molecule has 0 aliphatic rings. The fourth-order valence-electron chi connectivity index (χ4n) is 1.32. The van der Waals surface area contributed by atoms with Crippen molar-refractivity contribution in [3.05, 3.63) is 28.2 Å². The van der Waals surface area contributed by atoms with Crippen LogP contribution >= 0.6 is 27.7 Å². The summed E-state index contributed by atoms with van der Waals surface area (Å²) in [6.07, 6.45) is 0. The van der Waals surface area contributed by atoms with Crippen molar-refractivity contribution >= 4 is 45.6 Å². The van der Waals surface area contributed by atoms with Crippen LogP contribution in [0.5, 0.6) is 0 Å². The summed E-state index contributed by atoms with van der Waals surface area (Å²) in [5.74, 6) is -1.10. The fourth-order valence-corrected chi connectivity index (χ4v) is 2.61. The van der Waals surface area contributed by atoms with E-state index in [-0.39, 0.29) is 5.75 Å². The van der Waals surface area contributed by atoms with Crippen molar-refractivity contribution in [3.8, 4) is 0 Å². The summed E-state index contributed by atoms with van der Waals surface area (Å²) >= 11 is 4.69. The van der Waals surface area contributed by atoms with Crippen LogP contribution in [-0.2, 0) is 14.3 Å². The number of amides is 3. The van der Waals surface area contributed by atoms with Crippen LogP contribution in [-0.4, -0.2) is 37.3 Å². The number of ether oxygens (including phenoxy) is 1. The van der Waals surface area contributed by atoms with Gasteiger partial charge >= 0.3 is 12.0 Å². The molecule has 1 aromatic rings. The van der Waals surface area contributed by atoms with Crippen LogP contribution < -0.4 is 10.6 Å². The summed E-state index contributed by atoms with van der Waals surface area (Å²) < 4.78 is 5.74. The van der Waals surface area contributed by atoms with Gasteiger partial charge in [-0.2, -0.15) is 0 Å². The largest absolute Gasteiger partial charge is 0.455 e. The van der Waals surface area contributed by atoms with Crippen molar-refractivity contribution in [1.29, 1.82) is 0 Å². The monoisotopic (exact) mass is 374 g/mol. The second kappa shape index (κ2) is 8.68. The third-order valence-electron chi connectivity index (χ3n) is 2.33. The maximum Gasteiger partial charge on any atom is 0.321 e. The van der Waals surface area contributed by atoms with E-state index in [4.69, 9.17) is 4.74 Å². The minimum atomic E-state index is -0.674. The van der Waals surface area contributed by atoms with Crippen LogP contribution in [0.4, 0.5) is 4.79 Å². The summed E-state index contributed by atoms with van der Waals surface area (Å²) in [6, 6.07) is 5.09. The van der Waals surface area contributed by atoms with Gasteiger partial charge in [-0.3, -0.25) is 14.9 Å². The smallest absolute Gasteiger partial charge is 0.321 e. The fraction of sp³-hybridized carbons (Fsp3) is 0.308. The van der Waals surface area contributed by atoms with Gasteiger partial charge in [-0.1, -0.05) is 15.9 Å². The SMILES string of the molecule is CNC(=O)NC(=O)COC(=O)CSc1ccc(Br)cc1C. The second-order valence-corrected chi connectivity index (χ2v) is 5.92. The summed E-state index contributed by atoms with van der Waals surface area (Å²) in [5.41, 5.74) is 1.04. The summed E-state index contributed by atoms with van der Waals surface area (Å²) in [5, 5.41) is 4.22. The van der Waals surface area contributed by atoms with E-state index in [0.717, 1.165) is 14.9 Å². The number of imide groups is 1. The first kappa shape index (κ1) is 17.5. The van der Waals surface area contributed by atoms with E-state index in [0.29, 0.717) is 0 Å². The third kappa shape index (κ3) is 6.63. The molecule has 0 aliphatic carbocycles. The number of hydrogen-bond acceptors (Lipinski definition) is 5. The highest BCUT2D eigenvalue weighted by molar-refractivity contribution is 9.10. The molecule has 0 bridgehead atoms. The van der Waals surface area contributed by atoms with Crippen LogP contribution in [0.25, 0.3) is 0 Å². The second-order valence-electron chi connectivity index (χ2n) is 3.99. The molecule has 21 heavy (non-hydrogen) atoms. The van der Waals surface area contributed by atoms with E-state index >= 15 is 0 Å². The molecule has 0 heterocycles. The molecule has 0 spiro atoms. The quantitative estimate of drug-likeness (QED) is 0.606. The van der Waals surface area contributed by atoms with Gasteiger partial charge in [0.25, 0.3) is 5.91 Å². The Morgan fingerprint density at radius 2 is 2.05 bits per heavy atom. The Labute approximate surface area is 135 Å². The minimum Gasteiger partial charge on any atom is -0.455 e. The van der Waals surface area contributed by atoms with E-state index < -0.39 is 24.5 Å². The Morgan fingerprint density at radius 3 is 2.67 bits per heavy atom. The summed E-state index contributed by atoms with van der Waals surface area (Å²) in [4.78, 5) is 34.6. The number of esters is 1. The summed E-state index contributed by atoms with van der Waals surface area (Å²) in [7, 11) is 1.38. The normalized spacial score (nSPS) is 9.86. The van der Waals surface area contributed by atoms with E-state index in [1.54, 1.807) is 0 Å². The number of benzene rings is 1. The molecule has 1 rings (SSSR count). The zero-order chi connectivity index (χ0) is 15.8. The highest BCUT2D eigenvalue weighted by Crippen LogP contribution is 2.25. The molecule has 2 N–H and O–H groups in total. The molecule has 114 valence electrons. The van der Waals surface area contributed by atoms with Crippen molar-refractivity contribution < 1.29 is 19.1 Å². The number of hydrogen-bond donors (Lipinski definition) is 2. The van der Waals surface area contributed by atoms with Gasteiger partial charge in [-0.15, -0.1) is 11.8 Å². The first-order valence-electron chi connectivity index (χ1n) is 5.98. The number of carbonyl (C=O) groups excluding carboxylic acids is 3. The Morgan fingerprint density at radius 1 is 1.33 bits per heavy atom. The van der Waals surface area contributed by atoms with Gasteiger partial charge in [0.05, 0.1) is 5.75 Å².